The number of aromatic nitrogens is 4. The van der Waals surface area contributed by atoms with Crippen molar-refractivity contribution in [3.8, 4) is 0 Å². The van der Waals surface area contributed by atoms with Crippen molar-refractivity contribution in [1.82, 2.24) is 19.7 Å². The first kappa shape index (κ1) is 13.8. The highest BCUT2D eigenvalue weighted by Gasteiger charge is 2.14. The lowest BCUT2D eigenvalue weighted by Gasteiger charge is -2.10. The maximum absolute atomic E-state index is 11.7. The molecule has 8 heteroatoms. The van der Waals surface area contributed by atoms with Crippen LogP contribution in [0.25, 0.3) is 0 Å². The number of carbonyl (C=O) groups excluding carboxylic acids is 1. The molecular weight excluding hydrogens is 260 g/mol. The highest BCUT2D eigenvalue weighted by atomic mass is 16.5. The van der Waals surface area contributed by atoms with Gasteiger partial charge in [0.25, 0.3) is 0 Å². The van der Waals surface area contributed by atoms with Crippen LogP contribution in [-0.2, 0) is 18.3 Å². The van der Waals surface area contributed by atoms with Crippen LogP contribution in [0.4, 0.5) is 11.5 Å². The van der Waals surface area contributed by atoms with Gasteiger partial charge in [0.1, 0.15) is 12.1 Å². The normalized spacial score (nSPS) is 10.3. The maximum Gasteiger partial charge on any atom is 0.340 e. The molecule has 2 rings (SSSR count). The topological polar surface area (TPSA) is 108 Å². The molecule has 0 bridgehead atoms. The van der Waals surface area contributed by atoms with E-state index in [1.807, 2.05) is 7.05 Å². The predicted octanol–water partition coefficient (Wildman–Crippen LogP) is 0.581. The van der Waals surface area contributed by atoms with Crippen molar-refractivity contribution in [2.45, 2.75) is 13.5 Å². The van der Waals surface area contributed by atoms with Gasteiger partial charge in [-0.05, 0) is 13.0 Å². The zero-order valence-corrected chi connectivity index (χ0v) is 11.3. The predicted molar refractivity (Wildman–Crippen MR) is 72.9 cm³/mol. The largest absolute Gasteiger partial charge is 0.462 e. The summed E-state index contributed by atoms with van der Waals surface area (Å²) in [6.45, 7) is 2.44. The van der Waals surface area contributed by atoms with E-state index in [2.05, 4.69) is 20.5 Å². The zero-order valence-electron chi connectivity index (χ0n) is 11.3. The number of nitrogens with two attached hydrogens (primary N) is 1. The summed E-state index contributed by atoms with van der Waals surface area (Å²) in [5.74, 6) is 0.681. The van der Waals surface area contributed by atoms with Crippen LogP contribution >= 0.6 is 0 Å². The first-order valence-electron chi connectivity index (χ1n) is 6.11. The Balaban J connectivity index is 2.14. The summed E-state index contributed by atoms with van der Waals surface area (Å²) >= 11 is 0. The van der Waals surface area contributed by atoms with Crippen LogP contribution in [-0.4, -0.2) is 32.3 Å². The van der Waals surface area contributed by atoms with Gasteiger partial charge >= 0.3 is 5.97 Å². The lowest BCUT2D eigenvalue weighted by atomic mass is 10.2. The Morgan fingerprint density at radius 3 is 3.00 bits per heavy atom. The Morgan fingerprint density at radius 2 is 2.35 bits per heavy atom. The molecule has 0 unspecified atom stereocenters. The van der Waals surface area contributed by atoms with Gasteiger partial charge in [0.05, 0.1) is 24.4 Å². The first-order valence-corrected chi connectivity index (χ1v) is 6.11. The Labute approximate surface area is 116 Å². The van der Waals surface area contributed by atoms with Crippen LogP contribution in [0.5, 0.6) is 0 Å². The molecule has 0 radical (unpaired) electrons. The molecule has 0 fully saturated rings. The molecule has 0 aliphatic rings. The van der Waals surface area contributed by atoms with Gasteiger partial charge in [0.2, 0.25) is 0 Å². The fourth-order valence-corrected chi connectivity index (χ4v) is 1.63. The van der Waals surface area contributed by atoms with E-state index in [1.165, 1.54) is 12.3 Å². The van der Waals surface area contributed by atoms with Crippen LogP contribution in [0.3, 0.4) is 0 Å². The number of nitrogen functional groups attached to an aromatic ring is 1. The number of anilines is 2. The van der Waals surface area contributed by atoms with Gasteiger partial charge in [0.15, 0.2) is 5.82 Å². The number of nitrogens with one attached hydrogen (secondary N) is 1. The second-order valence-electron chi connectivity index (χ2n) is 4.05. The van der Waals surface area contributed by atoms with Crippen LogP contribution in [0.15, 0.2) is 18.6 Å². The minimum atomic E-state index is -0.464. The van der Waals surface area contributed by atoms with Crippen molar-refractivity contribution in [2.75, 3.05) is 17.7 Å². The highest BCUT2D eigenvalue weighted by molar-refractivity contribution is 5.97. The molecule has 0 atom stereocenters. The van der Waals surface area contributed by atoms with Crippen LogP contribution in [0, 0.1) is 0 Å². The molecular formula is C12H16N6O2. The molecule has 2 aromatic heterocycles. The van der Waals surface area contributed by atoms with E-state index >= 15 is 0 Å². The summed E-state index contributed by atoms with van der Waals surface area (Å²) < 4.78 is 6.71. The van der Waals surface area contributed by atoms with Gasteiger partial charge in [-0.3, -0.25) is 0 Å². The molecule has 2 heterocycles. The molecule has 0 spiro atoms. The van der Waals surface area contributed by atoms with Gasteiger partial charge in [-0.25, -0.2) is 9.78 Å². The van der Waals surface area contributed by atoms with E-state index in [0.717, 1.165) is 5.82 Å². The van der Waals surface area contributed by atoms with Crippen molar-refractivity contribution in [3.63, 3.8) is 0 Å². The Morgan fingerprint density at radius 1 is 1.55 bits per heavy atom. The summed E-state index contributed by atoms with van der Waals surface area (Å²) in [5.41, 5.74) is 6.47. The quantitative estimate of drug-likeness (QED) is 0.769. The van der Waals surface area contributed by atoms with Crippen LogP contribution < -0.4 is 11.1 Å². The summed E-state index contributed by atoms with van der Waals surface area (Å²) in [6.07, 6.45) is 3.10. The summed E-state index contributed by atoms with van der Waals surface area (Å²) in [5, 5.41) is 10.7. The molecule has 0 saturated heterocycles. The van der Waals surface area contributed by atoms with Crippen molar-refractivity contribution < 1.29 is 9.53 Å². The minimum Gasteiger partial charge on any atom is -0.462 e. The number of nitrogens with zero attached hydrogens (tertiary/aromatic N) is 4. The van der Waals surface area contributed by atoms with Crippen molar-refractivity contribution in [1.29, 1.82) is 0 Å². The van der Waals surface area contributed by atoms with Gasteiger partial charge in [0, 0.05) is 13.2 Å². The molecule has 20 heavy (non-hydrogen) atoms. The number of rotatable bonds is 5. The molecule has 8 nitrogen and oxygen atoms in total. The Bertz CT molecular complexity index is 610. The number of esters is 1. The van der Waals surface area contributed by atoms with Crippen molar-refractivity contribution >= 4 is 17.5 Å². The Kier molecular flexibility index (Phi) is 4.14. The van der Waals surface area contributed by atoms with E-state index in [4.69, 9.17) is 10.5 Å². The van der Waals surface area contributed by atoms with Gasteiger partial charge in [-0.2, -0.15) is 0 Å². The molecule has 0 amide bonds. The minimum absolute atomic E-state index is 0.258. The van der Waals surface area contributed by atoms with E-state index in [-0.39, 0.29) is 5.69 Å². The first-order chi connectivity index (χ1) is 9.63. The molecule has 0 aromatic carbocycles. The Hall–Kier alpha value is -2.64. The fraction of sp³-hybridized carbons (Fsp3) is 0.333. The van der Waals surface area contributed by atoms with Crippen LogP contribution in [0.1, 0.15) is 23.1 Å². The summed E-state index contributed by atoms with van der Waals surface area (Å²) in [7, 11) is 1.84. The lowest BCUT2D eigenvalue weighted by Crippen LogP contribution is -2.13. The summed E-state index contributed by atoms with van der Waals surface area (Å²) in [6, 6.07) is 1.53. The number of pyridine rings is 1. The molecule has 0 saturated carbocycles. The second-order valence-corrected chi connectivity index (χ2v) is 4.05. The number of carbonyl (C=O) groups is 1. The molecule has 3 N–H and O–H groups in total. The molecule has 2 aromatic rings. The monoisotopic (exact) mass is 276 g/mol. The third-order valence-electron chi connectivity index (χ3n) is 2.70. The van der Waals surface area contributed by atoms with E-state index in [9.17, 15) is 4.79 Å². The maximum atomic E-state index is 11.7. The van der Waals surface area contributed by atoms with Gasteiger partial charge in [-0.1, -0.05) is 0 Å². The van der Waals surface area contributed by atoms with Gasteiger partial charge < -0.3 is 20.4 Å². The van der Waals surface area contributed by atoms with Gasteiger partial charge in [-0.15, -0.1) is 10.2 Å². The van der Waals surface area contributed by atoms with Crippen molar-refractivity contribution in [2.24, 2.45) is 7.05 Å². The van der Waals surface area contributed by atoms with E-state index < -0.39 is 5.97 Å². The standard InChI is InChI=1S/C12H16N6O2/c1-3-20-12(19)8-4-5-14-11(10(8)13)15-6-9-17-16-7-18(9)2/h4-5,7H,3,6,13H2,1-2H3,(H,14,15). The number of ether oxygens (including phenoxy) is 1. The average Bonchev–Trinajstić information content (AvgIpc) is 2.83. The molecule has 0 aliphatic carbocycles. The van der Waals surface area contributed by atoms with E-state index in [1.54, 1.807) is 17.8 Å². The van der Waals surface area contributed by atoms with Crippen LogP contribution in [0.2, 0.25) is 0 Å². The second kappa shape index (κ2) is 6.00. The third kappa shape index (κ3) is 2.85. The SMILES string of the molecule is CCOC(=O)c1ccnc(NCc2nncn2C)c1N. The molecule has 106 valence electrons. The lowest BCUT2D eigenvalue weighted by molar-refractivity contribution is 0.0527. The average molecular weight is 276 g/mol. The zero-order chi connectivity index (χ0) is 14.5. The molecule has 0 aliphatic heterocycles. The van der Waals surface area contributed by atoms with E-state index in [0.29, 0.717) is 24.5 Å². The number of hydrogen-bond donors (Lipinski definition) is 2. The number of aryl methyl sites for hydroxylation is 1. The third-order valence-corrected chi connectivity index (χ3v) is 2.70. The highest BCUT2D eigenvalue weighted by Crippen LogP contribution is 2.21. The fourth-order valence-electron chi connectivity index (χ4n) is 1.63. The van der Waals surface area contributed by atoms with Crippen molar-refractivity contribution in [3.05, 3.63) is 30.0 Å². The number of hydrogen-bond acceptors (Lipinski definition) is 7. The summed E-state index contributed by atoms with van der Waals surface area (Å²) in [4.78, 5) is 15.8. The smallest absolute Gasteiger partial charge is 0.340 e.